The van der Waals surface area contributed by atoms with E-state index in [2.05, 4.69) is 18.7 Å². The quantitative estimate of drug-likeness (QED) is 0.857. The van der Waals surface area contributed by atoms with Crippen molar-refractivity contribution in [2.75, 3.05) is 36.9 Å². The third-order valence-corrected chi connectivity index (χ3v) is 6.43. The number of hydrogen-bond acceptors (Lipinski definition) is 6. The smallest absolute Gasteiger partial charge is 0.260 e. The van der Waals surface area contributed by atoms with E-state index in [0.29, 0.717) is 10.6 Å². The molecule has 7 heteroatoms. The van der Waals surface area contributed by atoms with Gasteiger partial charge in [0.1, 0.15) is 15.5 Å². The Morgan fingerprint density at radius 2 is 2.00 bits per heavy atom. The van der Waals surface area contributed by atoms with E-state index < -0.39 is 5.91 Å². The van der Waals surface area contributed by atoms with Crippen molar-refractivity contribution >= 4 is 39.0 Å². The van der Waals surface area contributed by atoms with Gasteiger partial charge in [-0.1, -0.05) is 13.8 Å². The molecule has 1 saturated heterocycles. The molecule has 4 N–H and O–H groups in total. The summed E-state index contributed by atoms with van der Waals surface area (Å²) in [6.07, 6.45) is 3.05. The molecule has 0 atom stereocenters. The van der Waals surface area contributed by atoms with Gasteiger partial charge >= 0.3 is 0 Å². The lowest BCUT2D eigenvalue weighted by Crippen LogP contribution is -2.38. The lowest BCUT2D eigenvalue weighted by Gasteiger charge is -2.36. The fraction of sp³-hybridized carbons (Fsp3) is 0.556. The van der Waals surface area contributed by atoms with Crippen molar-refractivity contribution in [3.8, 4) is 0 Å². The summed E-state index contributed by atoms with van der Waals surface area (Å²) in [5.74, 6) is 0.566. The first-order chi connectivity index (χ1) is 11.9. The second kappa shape index (κ2) is 5.85. The Labute approximate surface area is 151 Å². The Morgan fingerprint density at radius 3 is 2.68 bits per heavy atom. The van der Waals surface area contributed by atoms with Gasteiger partial charge in [-0.15, -0.1) is 11.3 Å². The maximum atomic E-state index is 11.8. The van der Waals surface area contributed by atoms with Crippen molar-refractivity contribution < 1.29 is 9.53 Å². The molecule has 0 unspecified atom stereocenters. The highest BCUT2D eigenvalue weighted by atomic mass is 32.1. The third-order valence-electron chi connectivity index (χ3n) is 5.31. The molecule has 1 fully saturated rings. The molecule has 0 bridgehead atoms. The lowest BCUT2D eigenvalue weighted by molar-refractivity contribution is 0.100. The number of primary amides is 1. The number of thiophene rings is 1. The molecule has 0 aromatic carbocycles. The molecule has 134 valence electrons. The zero-order valence-corrected chi connectivity index (χ0v) is 15.5. The number of carbonyl (C=O) groups is 1. The number of nitrogens with two attached hydrogens (primary N) is 2. The molecule has 3 heterocycles. The number of fused-ring (bicyclic) bond motifs is 3. The molecule has 1 aliphatic carbocycles. The molecular weight excluding hydrogens is 336 g/mol. The number of nitrogen functional groups attached to an aromatic ring is 1. The van der Waals surface area contributed by atoms with Crippen LogP contribution >= 0.6 is 11.3 Å². The standard InChI is InChI=1S/C18H24N4O2S/c1-18(2)4-3-10-11(9-18)12-13(19)14(15(20)23)25-17(12)21-16(10)22-5-7-24-8-6-22/h3-9,19H2,1-2H3,(H2,20,23). The van der Waals surface area contributed by atoms with Gasteiger partial charge in [0.05, 0.1) is 18.9 Å². The lowest BCUT2D eigenvalue weighted by atomic mass is 9.73. The summed E-state index contributed by atoms with van der Waals surface area (Å²) in [5.41, 5.74) is 15.1. The number of amides is 1. The van der Waals surface area contributed by atoms with Crippen LogP contribution in [-0.2, 0) is 17.6 Å². The maximum Gasteiger partial charge on any atom is 0.260 e. The number of anilines is 2. The van der Waals surface area contributed by atoms with E-state index in [9.17, 15) is 4.79 Å². The Kier molecular flexibility index (Phi) is 3.88. The minimum atomic E-state index is -0.475. The first-order valence-electron chi connectivity index (χ1n) is 8.73. The fourth-order valence-electron chi connectivity index (χ4n) is 3.96. The number of aromatic nitrogens is 1. The summed E-state index contributed by atoms with van der Waals surface area (Å²) in [7, 11) is 0. The summed E-state index contributed by atoms with van der Waals surface area (Å²) < 4.78 is 5.49. The average molecular weight is 360 g/mol. The van der Waals surface area contributed by atoms with Gasteiger partial charge in [0, 0.05) is 18.5 Å². The largest absolute Gasteiger partial charge is 0.397 e. The molecular formula is C18H24N4O2S. The maximum absolute atomic E-state index is 11.8. The van der Waals surface area contributed by atoms with Crippen molar-refractivity contribution in [2.45, 2.75) is 33.1 Å². The van der Waals surface area contributed by atoms with Crippen LogP contribution in [-0.4, -0.2) is 37.2 Å². The first-order valence-corrected chi connectivity index (χ1v) is 9.55. The molecule has 2 aromatic heterocycles. The number of pyridine rings is 1. The van der Waals surface area contributed by atoms with Crippen LogP contribution in [0, 0.1) is 5.41 Å². The third kappa shape index (κ3) is 2.75. The SMILES string of the molecule is CC1(C)CCc2c(N3CCOCC3)nc3sc(C(N)=O)c(N)c3c2C1. The molecule has 0 radical (unpaired) electrons. The second-order valence-electron chi connectivity index (χ2n) is 7.72. The van der Waals surface area contributed by atoms with E-state index in [1.165, 1.54) is 22.5 Å². The van der Waals surface area contributed by atoms with Crippen molar-refractivity contribution in [3.05, 3.63) is 16.0 Å². The molecule has 6 nitrogen and oxygen atoms in total. The Bertz CT molecular complexity index is 853. The highest BCUT2D eigenvalue weighted by Crippen LogP contribution is 2.45. The number of carbonyl (C=O) groups excluding carboxylic acids is 1. The summed E-state index contributed by atoms with van der Waals surface area (Å²) in [6.45, 7) is 7.70. The normalized spacial score (nSPS) is 19.8. The molecule has 0 spiro atoms. The van der Waals surface area contributed by atoms with Crippen LogP contribution in [0.15, 0.2) is 0 Å². The summed E-state index contributed by atoms with van der Waals surface area (Å²) in [6, 6.07) is 0. The molecule has 1 aliphatic heterocycles. The van der Waals surface area contributed by atoms with E-state index in [-0.39, 0.29) is 5.41 Å². The minimum absolute atomic E-state index is 0.213. The van der Waals surface area contributed by atoms with Crippen molar-refractivity contribution in [1.29, 1.82) is 0 Å². The van der Waals surface area contributed by atoms with Gasteiger partial charge in [-0.25, -0.2) is 4.98 Å². The van der Waals surface area contributed by atoms with Gasteiger partial charge in [0.25, 0.3) is 5.91 Å². The van der Waals surface area contributed by atoms with E-state index in [4.69, 9.17) is 21.2 Å². The minimum Gasteiger partial charge on any atom is -0.397 e. The monoisotopic (exact) mass is 360 g/mol. The Morgan fingerprint density at radius 1 is 1.28 bits per heavy atom. The number of nitrogens with zero attached hydrogens (tertiary/aromatic N) is 2. The molecule has 0 saturated carbocycles. The van der Waals surface area contributed by atoms with E-state index in [1.54, 1.807) is 0 Å². The average Bonchev–Trinajstić information content (AvgIpc) is 2.91. The Balaban J connectivity index is 1.96. The second-order valence-corrected chi connectivity index (χ2v) is 8.72. The van der Waals surface area contributed by atoms with Gasteiger partial charge in [-0.2, -0.15) is 0 Å². The van der Waals surface area contributed by atoms with E-state index in [0.717, 1.165) is 61.6 Å². The van der Waals surface area contributed by atoms with Gasteiger partial charge in [0.15, 0.2) is 0 Å². The predicted octanol–water partition coefficient (Wildman–Crippen LogP) is 2.33. The van der Waals surface area contributed by atoms with Crippen LogP contribution in [0.4, 0.5) is 11.5 Å². The highest BCUT2D eigenvalue weighted by molar-refractivity contribution is 7.21. The zero-order valence-electron chi connectivity index (χ0n) is 14.7. The zero-order chi connectivity index (χ0) is 17.8. The number of rotatable bonds is 2. The topological polar surface area (TPSA) is 94.5 Å². The van der Waals surface area contributed by atoms with E-state index >= 15 is 0 Å². The van der Waals surface area contributed by atoms with Gasteiger partial charge in [0.2, 0.25) is 0 Å². The first kappa shape index (κ1) is 16.6. The van der Waals surface area contributed by atoms with Gasteiger partial charge in [-0.3, -0.25) is 4.79 Å². The van der Waals surface area contributed by atoms with Crippen LogP contribution < -0.4 is 16.4 Å². The summed E-state index contributed by atoms with van der Waals surface area (Å²) in [4.78, 5) is 20.2. The van der Waals surface area contributed by atoms with Crippen LogP contribution in [0.5, 0.6) is 0 Å². The van der Waals surface area contributed by atoms with Crippen molar-refractivity contribution in [2.24, 2.45) is 11.1 Å². The summed E-state index contributed by atoms with van der Waals surface area (Å²) >= 11 is 1.31. The van der Waals surface area contributed by atoms with Gasteiger partial charge < -0.3 is 21.1 Å². The fourth-order valence-corrected chi connectivity index (χ4v) is 4.93. The van der Waals surface area contributed by atoms with Crippen molar-refractivity contribution in [1.82, 2.24) is 4.98 Å². The van der Waals surface area contributed by atoms with Crippen molar-refractivity contribution in [3.63, 3.8) is 0 Å². The molecule has 4 rings (SSSR count). The number of morpholine rings is 1. The number of ether oxygens (including phenoxy) is 1. The molecule has 25 heavy (non-hydrogen) atoms. The van der Waals surface area contributed by atoms with Gasteiger partial charge in [-0.05, 0) is 35.8 Å². The molecule has 2 aliphatic rings. The highest BCUT2D eigenvalue weighted by Gasteiger charge is 2.33. The predicted molar refractivity (Wildman–Crippen MR) is 101 cm³/mol. The number of hydrogen-bond donors (Lipinski definition) is 2. The Hall–Kier alpha value is -1.86. The molecule has 2 aromatic rings. The van der Waals surface area contributed by atoms with E-state index in [1.807, 2.05) is 0 Å². The van der Waals surface area contributed by atoms with Crippen LogP contribution in [0.3, 0.4) is 0 Å². The van der Waals surface area contributed by atoms with Crippen LogP contribution in [0.25, 0.3) is 10.2 Å². The summed E-state index contributed by atoms with van der Waals surface area (Å²) in [5, 5.41) is 0.943. The van der Waals surface area contributed by atoms with Crippen LogP contribution in [0.1, 0.15) is 41.1 Å². The van der Waals surface area contributed by atoms with Crippen LogP contribution in [0.2, 0.25) is 0 Å². The molecule has 1 amide bonds.